The fraction of sp³-hybridized carbons (Fsp3) is 0.588. The molecule has 1 saturated carbocycles. The number of guanidine groups is 1. The molecule has 1 aliphatic rings. The molecule has 0 unspecified atom stereocenters. The van der Waals surface area contributed by atoms with Crippen LogP contribution in [0.15, 0.2) is 35.3 Å². The molecule has 0 heterocycles. The first-order valence-corrected chi connectivity index (χ1v) is 7.94. The predicted molar refractivity (Wildman–Crippen MR) is 87.7 cm³/mol. The van der Waals surface area contributed by atoms with Crippen molar-refractivity contribution in [2.24, 2.45) is 10.9 Å². The number of nitrogens with zero attached hydrogens (tertiary/aromatic N) is 1. The molecule has 4 heteroatoms. The van der Waals surface area contributed by atoms with Crippen LogP contribution in [0.4, 0.5) is 0 Å². The van der Waals surface area contributed by atoms with Crippen LogP contribution in [0, 0.1) is 5.92 Å². The number of benzene rings is 1. The zero-order chi connectivity index (χ0) is 14.8. The Labute approximate surface area is 128 Å². The lowest BCUT2D eigenvalue weighted by molar-refractivity contribution is 0.135. The van der Waals surface area contributed by atoms with E-state index < -0.39 is 0 Å². The molecule has 0 radical (unpaired) electrons. The number of hydrogen-bond donors (Lipinski definition) is 2. The molecular weight excluding hydrogens is 262 g/mol. The summed E-state index contributed by atoms with van der Waals surface area (Å²) in [5.41, 5.74) is 1.33. The molecule has 0 bridgehead atoms. The molecule has 0 aliphatic heterocycles. The molecule has 1 aromatic rings. The second-order valence-corrected chi connectivity index (χ2v) is 5.52. The zero-order valence-corrected chi connectivity index (χ0v) is 13.0. The molecule has 1 fully saturated rings. The molecule has 21 heavy (non-hydrogen) atoms. The molecule has 1 aromatic carbocycles. The average Bonchev–Trinajstić information content (AvgIpc) is 3.34. The lowest BCUT2D eigenvalue weighted by atomic mass is 10.2. The highest BCUT2D eigenvalue weighted by atomic mass is 16.5. The van der Waals surface area contributed by atoms with Crippen molar-refractivity contribution in [2.75, 3.05) is 33.4 Å². The third-order valence-electron chi connectivity index (χ3n) is 3.61. The number of ether oxygens (including phenoxy) is 1. The maximum Gasteiger partial charge on any atom is 0.190 e. The van der Waals surface area contributed by atoms with E-state index in [1.807, 2.05) is 13.1 Å². The van der Waals surface area contributed by atoms with Gasteiger partial charge in [-0.15, -0.1) is 0 Å². The second kappa shape index (κ2) is 9.40. The SMILES string of the molecule is CN=C(NCCCOCCc1ccccc1)NCC1CC1. The fourth-order valence-electron chi connectivity index (χ4n) is 2.10. The van der Waals surface area contributed by atoms with Gasteiger partial charge in [0.15, 0.2) is 5.96 Å². The molecule has 2 N–H and O–H groups in total. The van der Waals surface area contributed by atoms with Gasteiger partial charge in [0.1, 0.15) is 0 Å². The molecule has 116 valence electrons. The number of nitrogens with one attached hydrogen (secondary N) is 2. The Morgan fingerprint density at radius 1 is 1.19 bits per heavy atom. The van der Waals surface area contributed by atoms with Crippen LogP contribution in [0.25, 0.3) is 0 Å². The minimum atomic E-state index is 0.790. The van der Waals surface area contributed by atoms with Crippen LogP contribution < -0.4 is 10.6 Å². The molecule has 1 aliphatic carbocycles. The van der Waals surface area contributed by atoms with Crippen LogP contribution in [-0.2, 0) is 11.2 Å². The van der Waals surface area contributed by atoms with E-state index in [4.69, 9.17) is 4.74 Å². The Balaban J connectivity index is 1.43. The van der Waals surface area contributed by atoms with Crippen LogP contribution in [0.2, 0.25) is 0 Å². The molecule has 0 aromatic heterocycles. The van der Waals surface area contributed by atoms with Crippen molar-refractivity contribution < 1.29 is 4.74 Å². The van der Waals surface area contributed by atoms with Crippen LogP contribution in [0.3, 0.4) is 0 Å². The van der Waals surface area contributed by atoms with Crippen LogP contribution in [-0.4, -0.2) is 39.3 Å². The van der Waals surface area contributed by atoms with E-state index in [2.05, 4.69) is 39.9 Å². The maximum atomic E-state index is 5.66. The van der Waals surface area contributed by atoms with Crippen molar-refractivity contribution in [1.29, 1.82) is 0 Å². The van der Waals surface area contributed by atoms with E-state index in [1.54, 1.807) is 0 Å². The maximum absolute atomic E-state index is 5.66. The number of aliphatic imine (C=N–C) groups is 1. The van der Waals surface area contributed by atoms with E-state index in [-0.39, 0.29) is 0 Å². The standard InChI is InChI=1S/C17H27N3O/c1-18-17(20-14-16-8-9-16)19-11-5-12-21-13-10-15-6-3-2-4-7-15/h2-4,6-7,16H,5,8-14H2,1H3,(H2,18,19,20). The summed E-state index contributed by atoms with van der Waals surface area (Å²) in [5, 5.41) is 6.67. The Hall–Kier alpha value is -1.55. The molecular formula is C17H27N3O. The van der Waals surface area contributed by atoms with Crippen LogP contribution >= 0.6 is 0 Å². The average molecular weight is 289 g/mol. The quantitative estimate of drug-likeness (QED) is 0.416. The lowest BCUT2D eigenvalue weighted by Crippen LogP contribution is -2.39. The van der Waals surface area contributed by atoms with Gasteiger partial charge in [0.2, 0.25) is 0 Å². The summed E-state index contributed by atoms with van der Waals surface area (Å²) in [6, 6.07) is 10.5. The summed E-state index contributed by atoms with van der Waals surface area (Å²) >= 11 is 0. The highest BCUT2D eigenvalue weighted by molar-refractivity contribution is 5.79. The molecule has 2 rings (SSSR count). The topological polar surface area (TPSA) is 45.7 Å². The predicted octanol–water partition coefficient (Wildman–Crippen LogP) is 2.21. The van der Waals surface area contributed by atoms with Gasteiger partial charge in [0, 0.05) is 26.7 Å². The second-order valence-electron chi connectivity index (χ2n) is 5.52. The Morgan fingerprint density at radius 3 is 2.71 bits per heavy atom. The van der Waals surface area contributed by atoms with Gasteiger partial charge >= 0.3 is 0 Å². The third kappa shape index (κ3) is 7.14. The summed E-state index contributed by atoms with van der Waals surface area (Å²) in [4.78, 5) is 4.22. The zero-order valence-electron chi connectivity index (χ0n) is 13.0. The minimum absolute atomic E-state index is 0.790. The van der Waals surface area contributed by atoms with Crippen molar-refractivity contribution in [3.8, 4) is 0 Å². The molecule has 4 nitrogen and oxygen atoms in total. The first-order chi connectivity index (χ1) is 10.4. The molecule has 0 atom stereocenters. The summed E-state index contributed by atoms with van der Waals surface area (Å²) in [7, 11) is 1.82. The van der Waals surface area contributed by atoms with Gasteiger partial charge in [-0.2, -0.15) is 0 Å². The van der Waals surface area contributed by atoms with Crippen molar-refractivity contribution >= 4 is 5.96 Å². The van der Waals surface area contributed by atoms with E-state index in [1.165, 1.54) is 18.4 Å². The fourth-order valence-corrected chi connectivity index (χ4v) is 2.10. The van der Waals surface area contributed by atoms with Gasteiger partial charge in [0.25, 0.3) is 0 Å². The first kappa shape index (κ1) is 15.8. The highest BCUT2D eigenvalue weighted by Crippen LogP contribution is 2.27. The summed E-state index contributed by atoms with van der Waals surface area (Å²) < 4.78 is 5.66. The first-order valence-electron chi connectivity index (χ1n) is 7.94. The van der Waals surface area contributed by atoms with Gasteiger partial charge in [-0.25, -0.2) is 0 Å². The van der Waals surface area contributed by atoms with Gasteiger partial charge in [-0.1, -0.05) is 30.3 Å². The summed E-state index contributed by atoms with van der Waals surface area (Å²) in [5.74, 6) is 1.77. The van der Waals surface area contributed by atoms with Crippen LogP contribution in [0.5, 0.6) is 0 Å². The van der Waals surface area contributed by atoms with Gasteiger partial charge in [0.05, 0.1) is 6.61 Å². The van der Waals surface area contributed by atoms with Crippen molar-refractivity contribution in [1.82, 2.24) is 10.6 Å². The van der Waals surface area contributed by atoms with Gasteiger partial charge in [-0.3, -0.25) is 4.99 Å². The van der Waals surface area contributed by atoms with E-state index in [0.717, 1.165) is 51.0 Å². The molecule has 0 amide bonds. The van der Waals surface area contributed by atoms with Crippen molar-refractivity contribution in [2.45, 2.75) is 25.7 Å². The summed E-state index contributed by atoms with van der Waals surface area (Å²) in [6.07, 6.45) is 4.70. The normalized spacial score (nSPS) is 15.0. The molecule has 0 spiro atoms. The Morgan fingerprint density at radius 2 is 2.00 bits per heavy atom. The van der Waals surface area contributed by atoms with Crippen molar-refractivity contribution in [3.63, 3.8) is 0 Å². The summed E-state index contributed by atoms with van der Waals surface area (Å²) in [6.45, 7) is 3.53. The largest absolute Gasteiger partial charge is 0.381 e. The lowest BCUT2D eigenvalue weighted by Gasteiger charge is -2.11. The third-order valence-corrected chi connectivity index (χ3v) is 3.61. The Bertz CT molecular complexity index is 415. The van der Waals surface area contributed by atoms with E-state index in [0.29, 0.717) is 0 Å². The van der Waals surface area contributed by atoms with Crippen molar-refractivity contribution in [3.05, 3.63) is 35.9 Å². The van der Waals surface area contributed by atoms with Gasteiger partial charge in [-0.05, 0) is 37.2 Å². The van der Waals surface area contributed by atoms with E-state index in [9.17, 15) is 0 Å². The number of rotatable bonds is 9. The van der Waals surface area contributed by atoms with E-state index >= 15 is 0 Å². The Kier molecular flexibility index (Phi) is 7.08. The monoisotopic (exact) mass is 289 g/mol. The minimum Gasteiger partial charge on any atom is -0.381 e. The number of hydrogen-bond acceptors (Lipinski definition) is 2. The van der Waals surface area contributed by atoms with Gasteiger partial charge < -0.3 is 15.4 Å². The molecule has 0 saturated heterocycles. The smallest absolute Gasteiger partial charge is 0.190 e. The van der Waals surface area contributed by atoms with Crippen LogP contribution in [0.1, 0.15) is 24.8 Å². The highest BCUT2D eigenvalue weighted by Gasteiger charge is 2.20.